The highest BCUT2D eigenvalue weighted by Gasteiger charge is 2.26. The molecule has 148 valence electrons. The Hall–Kier alpha value is -2.46. The van der Waals surface area contributed by atoms with Crippen LogP contribution < -0.4 is 11.1 Å². The summed E-state index contributed by atoms with van der Waals surface area (Å²) in [6, 6.07) is 4.28. The van der Waals surface area contributed by atoms with Crippen LogP contribution in [0.3, 0.4) is 0 Å². The van der Waals surface area contributed by atoms with E-state index in [-0.39, 0.29) is 10.5 Å². The van der Waals surface area contributed by atoms with Crippen LogP contribution in [0.25, 0.3) is 0 Å². The van der Waals surface area contributed by atoms with E-state index >= 15 is 0 Å². The normalized spacial score (nSPS) is 16.8. The maximum atomic E-state index is 12.7. The molecule has 0 unspecified atom stereocenters. The molecule has 27 heavy (non-hydrogen) atoms. The Morgan fingerprint density at radius 3 is 2.15 bits per heavy atom. The molecule has 1 atom stereocenters. The van der Waals surface area contributed by atoms with Crippen molar-refractivity contribution in [2.24, 2.45) is 5.73 Å². The lowest BCUT2D eigenvalue weighted by molar-refractivity contribution is -0.127. The Morgan fingerprint density at radius 2 is 1.63 bits per heavy atom. The van der Waals surface area contributed by atoms with Crippen molar-refractivity contribution >= 4 is 27.9 Å². The molecule has 0 bridgehead atoms. The molecule has 1 aromatic carbocycles. The van der Waals surface area contributed by atoms with E-state index in [1.807, 2.05) is 5.32 Å². The number of esters is 1. The fourth-order valence-corrected chi connectivity index (χ4v) is 4.22. The Balaban J connectivity index is 2.06. The number of rotatable bonds is 5. The maximum Gasteiger partial charge on any atom is 0.338 e. The molecule has 1 heterocycles. The molecule has 0 aromatic heterocycles. The largest absolute Gasteiger partial charge is 0.449 e. The van der Waals surface area contributed by atoms with Gasteiger partial charge in [0, 0.05) is 13.1 Å². The van der Waals surface area contributed by atoms with Crippen molar-refractivity contribution < 1.29 is 27.5 Å². The van der Waals surface area contributed by atoms with Crippen molar-refractivity contribution in [2.45, 2.75) is 43.6 Å². The van der Waals surface area contributed by atoms with Crippen molar-refractivity contribution in [1.29, 1.82) is 0 Å². The van der Waals surface area contributed by atoms with Crippen LogP contribution in [0.15, 0.2) is 29.2 Å². The maximum absolute atomic E-state index is 12.7. The molecule has 1 fully saturated rings. The van der Waals surface area contributed by atoms with Gasteiger partial charge >= 0.3 is 12.0 Å². The molecular formula is C17H23N3O6S. The van der Waals surface area contributed by atoms with Crippen molar-refractivity contribution in [2.75, 3.05) is 13.1 Å². The van der Waals surface area contributed by atoms with Gasteiger partial charge in [-0.15, -0.1) is 0 Å². The summed E-state index contributed by atoms with van der Waals surface area (Å²) in [6.45, 7) is 2.26. The van der Waals surface area contributed by atoms with Gasteiger partial charge in [0.2, 0.25) is 10.0 Å². The first kappa shape index (κ1) is 20.8. The number of amides is 3. The summed E-state index contributed by atoms with van der Waals surface area (Å²) >= 11 is 0. The minimum absolute atomic E-state index is 0.0866. The van der Waals surface area contributed by atoms with Crippen molar-refractivity contribution in [3.05, 3.63) is 29.8 Å². The monoisotopic (exact) mass is 397 g/mol. The van der Waals surface area contributed by atoms with Gasteiger partial charge < -0.3 is 10.5 Å². The number of hydrogen-bond acceptors (Lipinski definition) is 6. The number of ether oxygens (including phenoxy) is 1. The van der Waals surface area contributed by atoms with E-state index in [1.54, 1.807) is 0 Å². The third-order valence-electron chi connectivity index (χ3n) is 4.19. The minimum atomic E-state index is -3.61. The quantitative estimate of drug-likeness (QED) is 0.711. The number of nitrogens with two attached hydrogens (primary N) is 1. The van der Waals surface area contributed by atoms with Crippen LogP contribution in [0.1, 0.15) is 43.0 Å². The molecule has 0 aliphatic carbocycles. The molecule has 9 nitrogen and oxygen atoms in total. The second-order valence-corrected chi connectivity index (χ2v) is 8.18. The van der Waals surface area contributed by atoms with Gasteiger partial charge in [0.15, 0.2) is 6.10 Å². The van der Waals surface area contributed by atoms with Crippen LogP contribution in [0.4, 0.5) is 4.79 Å². The molecule has 0 spiro atoms. The molecule has 10 heteroatoms. The van der Waals surface area contributed by atoms with Gasteiger partial charge in [-0.2, -0.15) is 4.31 Å². The molecule has 1 aliphatic rings. The van der Waals surface area contributed by atoms with Crippen LogP contribution >= 0.6 is 0 Å². The van der Waals surface area contributed by atoms with Gasteiger partial charge in [0.05, 0.1) is 10.5 Å². The van der Waals surface area contributed by atoms with E-state index in [9.17, 15) is 22.8 Å². The summed E-state index contributed by atoms with van der Waals surface area (Å²) in [6.07, 6.45) is 2.45. The van der Waals surface area contributed by atoms with Crippen molar-refractivity contribution in [3.8, 4) is 0 Å². The van der Waals surface area contributed by atoms with Crippen molar-refractivity contribution in [1.82, 2.24) is 9.62 Å². The third-order valence-corrected chi connectivity index (χ3v) is 6.11. The van der Waals surface area contributed by atoms with Gasteiger partial charge in [-0.1, -0.05) is 12.8 Å². The van der Waals surface area contributed by atoms with Gasteiger partial charge in [0.25, 0.3) is 5.91 Å². The van der Waals surface area contributed by atoms with Crippen LogP contribution in [-0.2, 0) is 19.6 Å². The van der Waals surface area contributed by atoms with E-state index < -0.39 is 34.0 Å². The second-order valence-electron chi connectivity index (χ2n) is 6.24. The summed E-state index contributed by atoms with van der Waals surface area (Å²) in [7, 11) is -3.61. The summed E-state index contributed by atoms with van der Waals surface area (Å²) in [4.78, 5) is 34.4. The number of carbonyl (C=O) groups excluding carboxylic acids is 3. The average molecular weight is 397 g/mol. The highest BCUT2D eigenvalue weighted by atomic mass is 32.2. The summed E-state index contributed by atoms with van der Waals surface area (Å²) in [5.74, 6) is -1.67. The third kappa shape index (κ3) is 5.51. The van der Waals surface area contributed by atoms with Gasteiger partial charge in [0.1, 0.15) is 0 Å². The average Bonchev–Trinajstić information content (AvgIpc) is 2.91. The molecule has 3 N–H and O–H groups in total. The Bertz CT molecular complexity index is 798. The number of primary amides is 1. The van der Waals surface area contributed by atoms with Crippen molar-refractivity contribution in [3.63, 3.8) is 0 Å². The van der Waals surface area contributed by atoms with E-state index in [2.05, 4.69) is 0 Å². The number of hydrogen-bond donors (Lipinski definition) is 2. The van der Waals surface area contributed by atoms with Gasteiger partial charge in [-0.05, 0) is 44.0 Å². The summed E-state index contributed by atoms with van der Waals surface area (Å²) < 4.78 is 31.8. The number of imide groups is 1. The first-order valence-corrected chi connectivity index (χ1v) is 10.1. The summed E-state index contributed by atoms with van der Waals surface area (Å²) in [5.41, 5.74) is 4.92. The number of benzene rings is 1. The zero-order valence-electron chi connectivity index (χ0n) is 15.0. The van der Waals surface area contributed by atoms with Gasteiger partial charge in [-0.3, -0.25) is 10.1 Å². The lowest BCUT2D eigenvalue weighted by Gasteiger charge is -2.20. The lowest BCUT2D eigenvalue weighted by atomic mass is 10.2. The van der Waals surface area contributed by atoms with E-state index in [4.69, 9.17) is 10.5 Å². The van der Waals surface area contributed by atoms with E-state index in [0.29, 0.717) is 13.1 Å². The molecule has 0 saturated carbocycles. The fourth-order valence-electron chi connectivity index (χ4n) is 2.70. The first-order valence-electron chi connectivity index (χ1n) is 8.63. The molecule has 3 amide bonds. The van der Waals surface area contributed by atoms with E-state index in [1.165, 1.54) is 35.5 Å². The zero-order chi connectivity index (χ0) is 20.0. The Labute approximate surface area is 157 Å². The molecule has 1 aliphatic heterocycles. The number of nitrogens with one attached hydrogen (secondary N) is 1. The predicted molar refractivity (Wildman–Crippen MR) is 96.3 cm³/mol. The molecule has 1 saturated heterocycles. The highest BCUT2D eigenvalue weighted by Crippen LogP contribution is 2.21. The van der Waals surface area contributed by atoms with Crippen LogP contribution in [0, 0.1) is 0 Å². The number of nitrogens with zero attached hydrogens (tertiary/aromatic N) is 1. The molecule has 1 aromatic rings. The first-order chi connectivity index (χ1) is 12.7. The van der Waals surface area contributed by atoms with Gasteiger partial charge in [-0.25, -0.2) is 18.0 Å². The topological polar surface area (TPSA) is 136 Å². The fraction of sp³-hybridized carbons (Fsp3) is 0.471. The summed E-state index contributed by atoms with van der Waals surface area (Å²) in [5, 5.41) is 1.81. The number of urea groups is 1. The van der Waals surface area contributed by atoms with E-state index in [0.717, 1.165) is 25.7 Å². The molecule has 0 radical (unpaired) electrons. The Kier molecular flexibility index (Phi) is 6.92. The second kappa shape index (κ2) is 8.96. The Morgan fingerprint density at radius 1 is 1.07 bits per heavy atom. The number of sulfonamides is 1. The predicted octanol–water partition coefficient (Wildman–Crippen LogP) is 0.991. The van der Waals surface area contributed by atoms with Crippen LogP contribution in [0.2, 0.25) is 0 Å². The zero-order valence-corrected chi connectivity index (χ0v) is 15.8. The molecule has 2 rings (SSSR count). The number of carbonyl (C=O) groups is 3. The van der Waals surface area contributed by atoms with Crippen LogP contribution in [-0.4, -0.2) is 49.8 Å². The SMILES string of the molecule is C[C@H](OC(=O)c1ccc(S(=O)(=O)N2CCCCCC2)cc1)C(=O)NC(N)=O. The smallest absolute Gasteiger partial charge is 0.338 e. The minimum Gasteiger partial charge on any atom is -0.449 e. The lowest BCUT2D eigenvalue weighted by Crippen LogP contribution is -2.42. The highest BCUT2D eigenvalue weighted by molar-refractivity contribution is 7.89. The molecular weight excluding hydrogens is 374 g/mol. The van der Waals surface area contributed by atoms with Crippen LogP contribution in [0.5, 0.6) is 0 Å². The standard InChI is InChI=1S/C17H23N3O6S/c1-12(15(21)19-17(18)23)26-16(22)13-6-8-14(9-7-13)27(24,25)20-10-4-2-3-5-11-20/h6-9,12H,2-5,10-11H2,1H3,(H3,18,19,21,23)/t12-/m0/s1.